The van der Waals surface area contributed by atoms with Gasteiger partial charge in [-0.05, 0) is 48.7 Å². The van der Waals surface area contributed by atoms with Gasteiger partial charge in [-0.3, -0.25) is 0 Å². The van der Waals surface area contributed by atoms with Crippen molar-refractivity contribution in [3.05, 3.63) is 22.3 Å². The molecule has 0 radical (unpaired) electrons. The van der Waals surface area contributed by atoms with Crippen LogP contribution >= 0.6 is 0 Å². The summed E-state index contributed by atoms with van der Waals surface area (Å²) in [6.45, 7) is 4.97. The summed E-state index contributed by atoms with van der Waals surface area (Å²) < 4.78 is 11.0. The van der Waals surface area contributed by atoms with Gasteiger partial charge in [-0.25, -0.2) is 9.59 Å². The molecule has 0 bridgehead atoms. The van der Waals surface area contributed by atoms with E-state index in [0.29, 0.717) is 36.7 Å². The van der Waals surface area contributed by atoms with E-state index in [1.807, 2.05) is 0 Å². The van der Waals surface area contributed by atoms with Crippen LogP contribution in [0.3, 0.4) is 0 Å². The van der Waals surface area contributed by atoms with E-state index >= 15 is 0 Å². The van der Waals surface area contributed by atoms with Crippen LogP contribution in [0.25, 0.3) is 0 Å². The Labute approximate surface area is 131 Å². The van der Waals surface area contributed by atoms with Crippen molar-refractivity contribution in [2.75, 3.05) is 13.2 Å². The van der Waals surface area contributed by atoms with Gasteiger partial charge in [0.25, 0.3) is 0 Å². The van der Waals surface area contributed by atoms with E-state index in [-0.39, 0.29) is 17.9 Å². The fourth-order valence-corrected chi connectivity index (χ4v) is 3.79. The lowest BCUT2D eigenvalue weighted by Gasteiger charge is -2.31. The number of carbonyl (C=O) groups excluding carboxylic acids is 2. The van der Waals surface area contributed by atoms with Gasteiger partial charge in [0.2, 0.25) is 0 Å². The van der Waals surface area contributed by atoms with Gasteiger partial charge >= 0.3 is 11.9 Å². The Morgan fingerprint density at radius 2 is 1.59 bits per heavy atom. The molecule has 0 amide bonds. The molecule has 2 aliphatic carbocycles. The Morgan fingerprint density at radius 3 is 2.18 bits per heavy atom. The number of esters is 2. The predicted octanol–water partition coefficient (Wildman–Crippen LogP) is 3.32. The number of ether oxygens (including phenoxy) is 2. The summed E-state index contributed by atoms with van der Waals surface area (Å²) in [7, 11) is 0. The highest BCUT2D eigenvalue weighted by Crippen LogP contribution is 2.41. The minimum absolute atomic E-state index is 0.167. The minimum atomic E-state index is -0.326. The highest BCUT2D eigenvalue weighted by atomic mass is 16.5. The first-order chi connectivity index (χ1) is 10.6. The molecule has 0 saturated heterocycles. The quantitative estimate of drug-likeness (QED) is 0.593. The van der Waals surface area contributed by atoms with Crippen LogP contribution in [0.4, 0.5) is 0 Å². The first-order valence-corrected chi connectivity index (χ1v) is 8.41. The SMILES string of the molecule is CCCC1CC2=C1C(=O)OCC1=C(COC2=O)C[C@@H](CC)C1. The van der Waals surface area contributed by atoms with Crippen LogP contribution < -0.4 is 0 Å². The fraction of sp³-hybridized carbons (Fsp3) is 0.667. The van der Waals surface area contributed by atoms with Crippen LogP contribution in [-0.4, -0.2) is 25.2 Å². The highest BCUT2D eigenvalue weighted by molar-refractivity contribution is 6.03. The van der Waals surface area contributed by atoms with Crippen molar-refractivity contribution in [1.82, 2.24) is 0 Å². The molecule has 3 aliphatic rings. The minimum Gasteiger partial charge on any atom is -0.458 e. The summed E-state index contributed by atoms with van der Waals surface area (Å²) in [5.74, 6) is 0.117. The lowest BCUT2D eigenvalue weighted by atomic mass is 9.75. The lowest BCUT2D eigenvalue weighted by Crippen LogP contribution is -2.32. The molecule has 0 spiro atoms. The molecule has 0 N–H and O–H groups in total. The first-order valence-electron chi connectivity index (χ1n) is 8.41. The Balaban J connectivity index is 1.78. The molecule has 4 heteroatoms. The van der Waals surface area contributed by atoms with E-state index in [1.54, 1.807) is 0 Å². The lowest BCUT2D eigenvalue weighted by molar-refractivity contribution is -0.144. The molecule has 0 saturated carbocycles. The van der Waals surface area contributed by atoms with E-state index in [4.69, 9.17) is 9.47 Å². The van der Waals surface area contributed by atoms with Crippen molar-refractivity contribution in [3.63, 3.8) is 0 Å². The van der Waals surface area contributed by atoms with E-state index in [1.165, 1.54) is 0 Å². The summed E-state index contributed by atoms with van der Waals surface area (Å²) in [5.41, 5.74) is 3.42. The maximum atomic E-state index is 12.4. The maximum absolute atomic E-state index is 12.4. The van der Waals surface area contributed by atoms with Crippen molar-refractivity contribution < 1.29 is 19.1 Å². The Hall–Kier alpha value is -1.58. The summed E-state index contributed by atoms with van der Waals surface area (Å²) in [6.07, 6.45) is 5.59. The zero-order valence-electron chi connectivity index (χ0n) is 13.4. The molecule has 0 aromatic heterocycles. The van der Waals surface area contributed by atoms with Crippen molar-refractivity contribution in [2.45, 2.75) is 52.4 Å². The normalized spacial score (nSPS) is 28.6. The molecule has 22 heavy (non-hydrogen) atoms. The van der Waals surface area contributed by atoms with E-state index in [9.17, 15) is 9.59 Å². The third-order valence-electron chi connectivity index (χ3n) is 5.19. The van der Waals surface area contributed by atoms with Crippen molar-refractivity contribution >= 4 is 11.9 Å². The van der Waals surface area contributed by atoms with Gasteiger partial charge in [0.05, 0.1) is 5.57 Å². The van der Waals surface area contributed by atoms with Gasteiger partial charge in [0.1, 0.15) is 13.2 Å². The fourth-order valence-electron chi connectivity index (χ4n) is 3.79. The zero-order chi connectivity index (χ0) is 15.7. The molecule has 0 aromatic rings. The van der Waals surface area contributed by atoms with Crippen molar-refractivity contribution in [2.24, 2.45) is 11.8 Å². The van der Waals surface area contributed by atoms with Crippen molar-refractivity contribution in [3.8, 4) is 0 Å². The second-order valence-corrected chi connectivity index (χ2v) is 6.62. The summed E-state index contributed by atoms with van der Waals surface area (Å²) in [6, 6.07) is 0. The largest absolute Gasteiger partial charge is 0.458 e. The molecular formula is C18H24O4. The Morgan fingerprint density at radius 1 is 0.955 bits per heavy atom. The van der Waals surface area contributed by atoms with E-state index in [0.717, 1.165) is 43.3 Å². The molecular weight excluding hydrogens is 280 g/mol. The number of hydrogen-bond donors (Lipinski definition) is 0. The van der Waals surface area contributed by atoms with Gasteiger partial charge in [0.15, 0.2) is 0 Å². The second-order valence-electron chi connectivity index (χ2n) is 6.62. The second kappa shape index (κ2) is 6.27. The highest BCUT2D eigenvalue weighted by Gasteiger charge is 2.40. The molecule has 0 fully saturated rings. The molecule has 1 unspecified atom stereocenters. The maximum Gasteiger partial charge on any atom is 0.335 e. The molecule has 1 aliphatic heterocycles. The molecule has 2 atom stereocenters. The van der Waals surface area contributed by atoms with Gasteiger partial charge < -0.3 is 9.47 Å². The Kier molecular flexibility index (Phi) is 4.37. The van der Waals surface area contributed by atoms with Gasteiger partial charge in [-0.1, -0.05) is 26.7 Å². The van der Waals surface area contributed by atoms with Crippen LogP contribution in [0.1, 0.15) is 52.4 Å². The van der Waals surface area contributed by atoms with Crippen molar-refractivity contribution in [1.29, 1.82) is 0 Å². The van der Waals surface area contributed by atoms with Crippen LogP contribution in [0, 0.1) is 11.8 Å². The van der Waals surface area contributed by atoms with Crippen LogP contribution in [0.5, 0.6) is 0 Å². The van der Waals surface area contributed by atoms with Crippen LogP contribution in [0.2, 0.25) is 0 Å². The number of carbonyl (C=O) groups is 2. The molecule has 1 heterocycles. The summed E-state index contributed by atoms with van der Waals surface area (Å²) in [5, 5.41) is 0. The Bertz CT molecular complexity index is 555. The third-order valence-corrected chi connectivity index (χ3v) is 5.19. The van der Waals surface area contributed by atoms with Gasteiger partial charge in [0, 0.05) is 5.57 Å². The molecule has 120 valence electrons. The van der Waals surface area contributed by atoms with E-state index in [2.05, 4.69) is 13.8 Å². The van der Waals surface area contributed by atoms with Gasteiger partial charge in [-0.2, -0.15) is 0 Å². The van der Waals surface area contributed by atoms with E-state index < -0.39 is 0 Å². The summed E-state index contributed by atoms with van der Waals surface area (Å²) in [4.78, 5) is 24.6. The van der Waals surface area contributed by atoms with Gasteiger partial charge in [-0.15, -0.1) is 0 Å². The van der Waals surface area contributed by atoms with Crippen LogP contribution in [0.15, 0.2) is 22.3 Å². The number of hydrogen-bond acceptors (Lipinski definition) is 4. The molecule has 0 aromatic carbocycles. The first kappa shape index (κ1) is 15.3. The molecule has 3 rings (SSSR count). The average molecular weight is 304 g/mol. The standard InChI is InChI=1S/C18H24O4/c1-3-5-12-8-15-16(12)18(20)22-10-14-7-11(4-2)6-13(14)9-21-17(15)19/h11-12H,3-10H2,1-2H3/t11-,12?/m1/s1. The smallest absolute Gasteiger partial charge is 0.335 e. The summed E-state index contributed by atoms with van der Waals surface area (Å²) >= 11 is 0. The third kappa shape index (κ3) is 2.71. The zero-order valence-corrected chi connectivity index (χ0v) is 13.4. The molecule has 4 nitrogen and oxygen atoms in total. The topological polar surface area (TPSA) is 52.6 Å². The van der Waals surface area contributed by atoms with Crippen LogP contribution in [-0.2, 0) is 19.1 Å². The predicted molar refractivity (Wildman–Crippen MR) is 82.0 cm³/mol. The number of cyclic esters (lactones) is 2. The average Bonchev–Trinajstić information content (AvgIpc) is 2.88. The number of rotatable bonds is 3. The monoisotopic (exact) mass is 304 g/mol.